The second-order valence-corrected chi connectivity index (χ2v) is 5.11. The highest BCUT2D eigenvalue weighted by atomic mass is 127. The fourth-order valence-corrected chi connectivity index (χ4v) is 2.05. The molecule has 21 heavy (non-hydrogen) atoms. The molecule has 0 aromatic heterocycles. The number of halogens is 1. The molecule has 0 bridgehead atoms. The molecule has 0 aliphatic carbocycles. The van der Waals surface area contributed by atoms with E-state index in [0.29, 0.717) is 6.54 Å². The second-order valence-electron chi connectivity index (χ2n) is 5.11. The van der Waals surface area contributed by atoms with E-state index in [1.165, 1.54) is 5.56 Å². The van der Waals surface area contributed by atoms with Crippen molar-refractivity contribution in [3.8, 4) is 0 Å². The smallest absolute Gasteiger partial charge is 0.193 e. The van der Waals surface area contributed by atoms with Crippen LogP contribution in [0, 0.1) is 0 Å². The Labute approximate surface area is 144 Å². The van der Waals surface area contributed by atoms with E-state index in [4.69, 9.17) is 4.74 Å². The van der Waals surface area contributed by atoms with Gasteiger partial charge in [0.25, 0.3) is 0 Å². The molecule has 1 unspecified atom stereocenters. The molecule has 0 saturated heterocycles. The van der Waals surface area contributed by atoms with Gasteiger partial charge in [0.05, 0.1) is 19.4 Å². The Morgan fingerprint density at radius 1 is 1.33 bits per heavy atom. The summed E-state index contributed by atoms with van der Waals surface area (Å²) in [6.07, 6.45) is 6.24. The maximum Gasteiger partial charge on any atom is 0.193 e. The zero-order chi connectivity index (χ0) is 14.2. The molecule has 0 spiro atoms. The van der Waals surface area contributed by atoms with Crippen molar-refractivity contribution < 1.29 is 4.74 Å². The third-order valence-electron chi connectivity index (χ3n) is 3.19. The Kier molecular flexibility index (Phi) is 8.19. The SMILES string of the molecule is CN(C)C(=NCc1ccccc1)NCC1CCC=CO1.I. The quantitative estimate of drug-likeness (QED) is 0.479. The highest BCUT2D eigenvalue weighted by Crippen LogP contribution is 2.09. The molecule has 1 aromatic carbocycles. The summed E-state index contributed by atoms with van der Waals surface area (Å²) in [5.74, 6) is 0.895. The van der Waals surface area contributed by atoms with Crippen LogP contribution in [0.25, 0.3) is 0 Å². The van der Waals surface area contributed by atoms with Gasteiger partial charge in [0.1, 0.15) is 6.10 Å². The van der Waals surface area contributed by atoms with Gasteiger partial charge in [-0.3, -0.25) is 0 Å². The van der Waals surface area contributed by atoms with Crippen LogP contribution < -0.4 is 5.32 Å². The second kappa shape index (κ2) is 9.65. The molecule has 0 fully saturated rings. The maximum atomic E-state index is 5.55. The maximum absolute atomic E-state index is 5.55. The molecule has 1 heterocycles. The van der Waals surface area contributed by atoms with E-state index in [9.17, 15) is 0 Å². The van der Waals surface area contributed by atoms with E-state index in [2.05, 4.69) is 28.5 Å². The molecule has 1 aliphatic heterocycles. The number of guanidine groups is 1. The van der Waals surface area contributed by atoms with Crippen LogP contribution in [0.4, 0.5) is 0 Å². The van der Waals surface area contributed by atoms with Gasteiger partial charge in [-0.1, -0.05) is 30.3 Å². The van der Waals surface area contributed by atoms with Crippen LogP contribution in [0.5, 0.6) is 0 Å². The van der Waals surface area contributed by atoms with Crippen LogP contribution >= 0.6 is 24.0 Å². The number of nitrogens with one attached hydrogen (secondary N) is 1. The predicted molar refractivity (Wildman–Crippen MR) is 97.9 cm³/mol. The summed E-state index contributed by atoms with van der Waals surface area (Å²) >= 11 is 0. The Morgan fingerprint density at radius 3 is 2.71 bits per heavy atom. The first-order valence-corrected chi connectivity index (χ1v) is 7.06. The Morgan fingerprint density at radius 2 is 2.10 bits per heavy atom. The minimum absolute atomic E-state index is 0. The third-order valence-corrected chi connectivity index (χ3v) is 3.19. The molecule has 2 rings (SSSR count). The zero-order valence-corrected chi connectivity index (χ0v) is 15.0. The summed E-state index contributed by atoms with van der Waals surface area (Å²) in [4.78, 5) is 6.64. The van der Waals surface area contributed by atoms with Crippen molar-refractivity contribution in [2.24, 2.45) is 4.99 Å². The van der Waals surface area contributed by atoms with Crippen LogP contribution in [0.15, 0.2) is 47.7 Å². The first-order chi connectivity index (χ1) is 9.75. The zero-order valence-electron chi connectivity index (χ0n) is 12.7. The lowest BCUT2D eigenvalue weighted by Crippen LogP contribution is -2.41. The number of rotatable bonds is 4. The van der Waals surface area contributed by atoms with Gasteiger partial charge in [0.15, 0.2) is 5.96 Å². The largest absolute Gasteiger partial charge is 0.497 e. The molecule has 116 valence electrons. The lowest BCUT2D eigenvalue weighted by atomic mass is 10.1. The monoisotopic (exact) mass is 401 g/mol. The summed E-state index contributed by atoms with van der Waals surface area (Å²) in [7, 11) is 4.00. The van der Waals surface area contributed by atoms with Crippen LogP contribution in [-0.2, 0) is 11.3 Å². The lowest BCUT2D eigenvalue weighted by Gasteiger charge is -2.23. The van der Waals surface area contributed by atoms with Crippen molar-refractivity contribution in [2.45, 2.75) is 25.5 Å². The van der Waals surface area contributed by atoms with Gasteiger partial charge in [0.2, 0.25) is 0 Å². The Balaban J connectivity index is 0.00000220. The molecule has 0 saturated carbocycles. The highest BCUT2D eigenvalue weighted by molar-refractivity contribution is 14.0. The molecular formula is C16H24IN3O. The van der Waals surface area contributed by atoms with Gasteiger partial charge >= 0.3 is 0 Å². The first-order valence-electron chi connectivity index (χ1n) is 7.06. The van der Waals surface area contributed by atoms with Gasteiger partial charge in [-0.05, 0) is 24.5 Å². The summed E-state index contributed by atoms with van der Waals surface area (Å²) in [5, 5.41) is 3.38. The number of hydrogen-bond donors (Lipinski definition) is 1. The van der Waals surface area contributed by atoms with Crippen molar-refractivity contribution in [1.82, 2.24) is 10.2 Å². The lowest BCUT2D eigenvalue weighted by molar-refractivity contribution is 0.126. The summed E-state index contributed by atoms with van der Waals surface area (Å²) in [5.41, 5.74) is 1.21. The average molecular weight is 401 g/mol. The van der Waals surface area contributed by atoms with E-state index in [1.54, 1.807) is 6.26 Å². The molecule has 5 heteroatoms. The van der Waals surface area contributed by atoms with Crippen LogP contribution in [0.1, 0.15) is 18.4 Å². The predicted octanol–water partition coefficient (Wildman–Crippen LogP) is 3.00. The van der Waals surface area contributed by atoms with Crippen molar-refractivity contribution in [3.05, 3.63) is 48.2 Å². The fraction of sp³-hybridized carbons (Fsp3) is 0.438. The number of ether oxygens (including phenoxy) is 1. The van der Waals surface area contributed by atoms with E-state index in [1.807, 2.05) is 37.2 Å². The minimum Gasteiger partial charge on any atom is -0.497 e. The molecule has 1 N–H and O–H groups in total. The molecule has 1 aromatic rings. The average Bonchev–Trinajstić information content (AvgIpc) is 2.49. The van der Waals surface area contributed by atoms with Crippen molar-refractivity contribution in [1.29, 1.82) is 0 Å². The Bertz CT molecular complexity index is 460. The summed E-state index contributed by atoms with van der Waals surface area (Å²) in [6.45, 7) is 1.48. The van der Waals surface area contributed by atoms with E-state index >= 15 is 0 Å². The standard InChI is InChI=1S/C16H23N3O.HI/c1-19(2)16(17-12-14-8-4-3-5-9-14)18-13-15-10-6-7-11-20-15;/h3-5,7-9,11,15H,6,10,12-13H2,1-2H3,(H,17,18);1H. The van der Waals surface area contributed by atoms with Crippen molar-refractivity contribution in [2.75, 3.05) is 20.6 Å². The number of hydrogen-bond acceptors (Lipinski definition) is 2. The van der Waals surface area contributed by atoms with Gasteiger partial charge in [-0.2, -0.15) is 0 Å². The van der Waals surface area contributed by atoms with Gasteiger partial charge in [0, 0.05) is 14.1 Å². The van der Waals surface area contributed by atoms with Crippen molar-refractivity contribution in [3.63, 3.8) is 0 Å². The first kappa shape index (κ1) is 17.8. The van der Waals surface area contributed by atoms with Gasteiger partial charge in [-0.25, -0.2) is 4.99 Å². The third kappa shape index (κ3) is 6.37. The number of allylic oxidation sites excluding steroid dienone is 1. The molecule has 0 radical (unpaired) electrons. The topological polar surface area (TPSA) is 36.9 Å². The van der Waals surface area contributed by atoms with Crippen LogP contribution in [-0.4, -0.2) is 37.6 Å². The van der Waals surface area contributed by atoms with Crippen molar-refractivity contribution >= 4 is 29.9 Å². The molecule has 0 amide bonds. The van der Waals surface area contributed by atoms with Crippen LogP contribution in [0.2, 0.25) is 0 Å². The normalized spacial score (nSPS) is 17.6. The fourth-order valence-electron chi connectivity index (χ4n) is 2.05. The summed E-state index contributed by atoms with van der Waals surface area (Å²) in [6, 6.07) is 10.3. The molecular weight excluding hydrogens is 377 g/mol. The van der Waals surface area contributed by atoms with Crippen LogP contribution in [0.3, 0.4) is 0 Å². The minimum atomic E-state index is 0. The Hall–Kier alpha value is -1.24. The number of aliphatic imine (C=N–C) groups is 1. The number of nitrogens with zero attached hydrogens (tertiary/aromatic N) is 2. The van der Waals surface area contributed by atoms with E-state index < -0.39 is 0 Å². The highest BCUT2D eigenvalue weighted by Gasteiger charge is 2.12. The number of benzene rings is 1. The van der Waals surface area contributed by atoms with Gasteiger partial charge in [-0.15, -0.1) is 24.0 Å². The molecule has 1 atom stereocenters. The van der Waals surface area contributed by atoms with E-state index in [-0.39, 0.29) is 30.1 Å². The summed E-state index contributed by atoms with van der Waals surface area (Å²) < 4.78 is 5.55. The van der Waals surface area contributed by atoms with Gasteiger partial charge < -0.3 is 15.0 Å². The molecule has 1 aliphatic rings. The molecule has 4 nitrogen and oxygen atoms in total. The van der Waals surface area contributed by atoms with E-state index in [0.717, 1.165) is 25.3 Å².